The zero-order valence-corrected chi connectivity index (χ0v) is 9.73. The number of halogens is 3. The third-order valence-electron chi connectivity index (χ3n) is 1.69. The Bertz CT molecular complexity index is 314. The van der Waals surface area contributed by atoms with Crippen molar-refractivity contribution in [3.8, 4) is 0 Å². The van der Waals surface area contributed by atoms with E-state index in [1.165, 1.54) is 0 Å². The van der Waals surface area contributed by atoms with Crippen molar-refractivity contribution < 1.29 is 4.79 Å². The van der Waals surface area contributed by atoms with Crippen molar-refractivity contribution in [3.63, 3.8) is 0 Å². The van der Waals surface area contributed by atoms with Crippen LogP contribution in [0.2, 0.25) is 10.0 Å². The Balaban J connectivity index is 3.10. The summed E-state index contributed by atoms with van der Waals surface area (Å²) in [4.78, 5) is 10.7. The van der Waals surface area contributed by atoms with Crippen LogP contribution >= 0.6 is 39.1 Å². The van der Waals surface area contributed by atoms with Gasteiger partial charge < -0.3 is 4.79 Å². The van der Waals surface area contributed by atoms with Gasteiger partial charge in [0, 0.05) is 15.4 Å². The summed E-state index contributed by atoms with van der Waals surface area (Å²) in [6, 6.07) is 5.10. The second kappa shape index (κ2) is 4.99. The number of rotatable bonds is 3. The van der Waals surface area contributed by atoms with Gasteiger partial charge in [-0.15, -0.1) is 0 Å². The van der Waals surface area contributed by atoms with Gasteiger partial charge in [0.2, 0.25) is 0 Å². The van der Waals surface area contributed by atoms with Crippen LogP contribution in [0.4, 0.5) is 0 Å². The maximum atomic E-state index is 10.7. The molecule has 0 fully saturated rings. The van der Waals surface area contributed by atoms with Gasteiger partial charge in [-0.1, -0.05) is 39.1 Å². The molecule has 1 atom stereocenters. The zero-order valence-electron chi connectivity index (χ0n) is 6.64. The van der Waals surface area contributed by atoms with Crippen molar-refractivity contribution >= 4 is 45.4 Å². The summed E-state index contributed by atoms with van der Waals surface area (Å²) in [5.41, 5.74) is 0.765. The van der Waals surface area contributed by atoms with Crippen molar-refractivity contribution in [2.75, 3.05) is 5.33 Å². The predicted octanol–water partition coefficient (Wildman–Crippen LogP) is 3.67. The number of aldehydes is 1. The predicted molar refractivity (Wildman–Crippen MR) is 59.1 cm³/mol. The highest BCUT2D eigenvalue weighted by Crippen LogP contribution is 2.27. The molecule has 1 aromatic carbocycles. The molecule has 0 bridgehead atoms. The summed E-state index contributed by atoms with van der Waals surface area (Å²) in [7, 11) is 0. The Kier molecular flexibility index (Phi) is 4.23. The van der Waals surface area contributed by atoms with Gasteiger partial charge in [-0.05, 0) is 23.8 Å². The van der Waals surface area contributed by atoms with E-state index in [1.807, 2.05) is 0 Å². The quantitative estimate of drug-likeness (QED) is 0.610. The highest BCUT2D eigenvalue weighted by atomic mass is 79.9. The van der Waals surface area contributed by atoms with Crippen LogP contribution in [0.25, 0.3) is 0 Å². The molecule has 0 amide bonds. The Labute approximate surface area is 95.2 Å². The van der Waals surface area contributed by atoms with E-state index in [9.17, 15) is 4.79 Å². The molecule has 1 rings (SSSR count). The maximum absolute atomic E-state index is 10.7. The molecular weight excluding hydrogens is 275 g/mol. The number of carbonyl (C=O) groups excluding carboxylic acids is 1. The average Bonchev–Trinajstić information content (AvgIpc) is 2.13. The van der Waals surface area contributed by atoms with Gasteiger partial charge in [-0.2, -0.15) is 0 Å². The van der Waals surface area contributed by atoms with Crippen molar-refractivity contribution in [1.29, 1.82) is 0 Å². The van der Waals surface area contributed by atoms with Crippen LogP contribution in [0.1, 0.15) is 11.5 Å². The van der Waals surface area contributed by atoms with Gasteiger partial charge >= 0.3 is 0 Å². The molecule has 0 aromatic heterocycles. The fourth-order valence-electron chi connectivity index (χ4n) is 0.992. The molecular formula is C9H7BrCl2O. The summed E-state index contributed by atoms with van der Waals surface area (Å²) in [6.45, 7) is 0. The maximum Gasteiger partial charge on any atom is 0.128 e. The summed E-state index contributed by atoms with van der Waals surface area (Å²) in [6.07, 6.45) is 0.853. The molecule has 4 heteroatoms. The lowest BCUT2D eigenvalue weighted by molar-refractivity contribution is -0.108. The highest BCUT2D eigenvalue weighted by Gasteiger charge is 2.12. The van der Waals surface area contributed by atoms with Gasteiger partial charge in [0.25, 0.3) is 0 Å². The standard InChI is InChI=1S/C9H7BrCl2O/c10-4-6(5-13)8-3-7(11)1-2-9(8)12/h1-3,5-6H,4H2. The van der Waals surface area contributed by atoms with E-state index >= 15 is 0 Å². The summed E-state index contributed by atoms with van der Waals surface area (Å²) in [5.74, 6) is -0.230. The highest BCUT2D eigenvalue weighted by molar-refractivity contribution is 9.09. The number of benzene rings is 1. The monoisotopic (exact) mass is 280 g/mol. The molecule has 0 saturated carbocycles. The fourth-order valence-corrected chi connectivity index (χ4v) is 1.93. The average molecular weight is 282 g/mol. The normalized spacial score (nSPS) is 12.5. The number of carbonyl (C=O) groups is 1. The Morgan fingerprint density at radius 2 is 2.15 bits per heavy atom. The van der Waals surface area contributed by atoms with Crippen molar-refractivity contribution in [3.05, 3.63) is 33.8 Å². The molecule has 0 heterocycles. The molecule has 0 saturated heterocycles. The summed E-state index contributed by atoms with van der Waals surface area (Å²) in [5, 5.41) is 1.71. The Morgan fingerprint density at radius 1 is 1.46 bits per heavy atom. The van der Waals surface area contributed by atoms with Crippen molar-refractivity contribution in [2.45, 2.75) is 5.92 Å². The molecule has 0 spiro atoms. The summed E-state index contributed by atoms with van der Waals surface area (Å²) >= 11 is 14.9. The molecule has 0 aliphatic heterocycles. The third-order valence-corrected chi connectivity index (χ3v) is 2.96. The van der Waals surface area contributed by atoms with E-state index < -0.39 is 0 Å². The molecule has 0 radical (unpaired) electrons. The van der Waals surface area contributed by atoms with Gasteiger partial charge in [0.05, 0.1) is 5.92 Å². The third kappa shape index (κ3) is 2.70. The molecule has 1 unspecified atom stereocenters. The molecule has 13 heavy (non-hydrogen) atoms. The van der Waals surface area contributed by atoms with Crippen LogP contribution in [0.3, 0.4) is 0 Å². The van der Waals surface area contributed by atoms with Crippen molar-refractivity contribution in [1.82, 2.24) is 0 Å². The molecule has 0 aliphatic rings. The second-order valence-electron chi connectivity index (χ2n) is 2.56. The Morgan fingerprint density at radius 3 is 2.69 bits per heavy atom. The molecule has 0 aliphatic carbocycles. The first kappa shape index (κ1) is 11.0. The minimum absolute atomic E-state index is 0.230. The Hall–Kier alpha value is -0.0500. The zero-order chi connectivity index (χ0) is 9.84. The minimum Gasteiger partial charge on any atom is -0.303 e. The van der Waals surface area contributed by atoms with Gasteiger partial charge in [0.1, 0.15) is 6.29 Å². The molecule has 1 aromatic rings. The van der Waals surface area contributed by atoms with E-state index in [-0.39, 0.29) is 5.92 Å². The number of hydrogen-bond acceptors (Lipinski definition) is 1. The van der Waals surface area contributed by atoms with Gasteiger partial charge in [0.15, 0.2) is 0 Å². The van der Waals surface area contributed by atoms with Crippen LogP contribution in [-0.2, 0) is 4.79 Å². The lowest BCUT2D eigenvalue weighted by atomic mass is 10.0. The topological polar surface area (TPSA) is 17.1 Å². The van der Waals surface area contributed by atoms with E-state index in [0.29, 0.717) is 15.4 Å². The van der Waals surface area contributed by atoms with Crippen LogP contribution in [-0.4, -0.2) is 11.6 Å². The van der Waals surface area contributed by atoms with Crippen molar-refractivity contribution in [2.24, 2.45) is 0 Å². The van der Waals surface area contributed by atoms with E-state index in [1.54, 1.807) is 18.2 Å². The second-order valence-corrected chi connectivity index (χ2v) is 4.05. The van der Waals surface area contributed by atoms with Crippen LogP contribution in [0.15, 0.2) is 18.2 Å². The largest absolute Gasteiger partial charge is 0.303 e. The van der Waals surface area contributed by atoms with Gasteiger partial charge in [-0.3, -0.25) is 0 Å². The van der Waals surface area contributed by atoms with E-state index in [0.717, 1.165) is 11.8 Å². The number of alkyl halides is 1. The van der Waals surface area contributed by atoms with Crippen LogP contribution in [0.5, 0.6) is 0 Å². The first-order valence-electron chi connectivity index (χ1n) is 3.65. The van der Waals surface area contributed by atoms with E-state index in [2.05, 4.69) is 15.9 Å². The lowest BCUT2D eigenvalue weighted by Crippen LogP contribution is -2.02. The number of hydrogen-bond donors (Lipinski definition) is 0. The van der Waals surface area contributed by atoms with Gasteiger partial charge in [-0.25, -0.2) is 0 Å². The smallest absolute Gasteiger partial charge is 0.128 e. The molecule has 70 valence electrons. The molecule has 1 nitrogen and oxygen atoms in total. The first-order valence-corrected chi connectivity index (χ1v) is 5.53. The minimum atomic E-state index is -0.230. The fraction of sp³-hybridized carbons (Fsp3) is 0.222. The summed E-state index contributed by atoms with van der Waals surface area (Å²) < 4.78 is 0. The van der Waals surface area contributed by atoms with Crippen LogP contribution in [0, 0.1) is 0 Å². The van der Waals surface area contributed by atoms with Crippen LogP contribution < -0.4 is 0 Å². The molecule has 0 N–H and O–H groups in total. The SMILES string of the molecule is O=CC(CBr)c1cc(Cl)ccc1Cl. The van der Waals surface area contributed by atoms with E-state index in [4.69, 9.17) is 23.2 Å². The first-order chi connectivity index (χ1) is 6.19. The lowest BCUT2D eigenvalue weighted by Gasteiger charge is -2.09.